The molecule has 0 heterocycles. The Bertz CT molecular complexity index is 23.6. The van der Waals surface area contributed by atoms with E-state index in [4.69, 9.17) is 10.8 Å². The van der Waals surface area contributed by atoms with Crippen molar-refractivity contribution in [3.63, 3.8) is 0 Å². The molecule has 0 amide bonds. The molecule has 0 aromatic heterocycles. The Morgan fingerprint density at radius 1 is 1.14 bits per heavy atom. The minimum atomic E-state index is 0. The molecule has 0 aliphatic heterocycles. The largest absolute Gasteiger partial charge is 0.400 e. The van der Waals surface area contributed by atoms with E-state index in [9.17, 15) is 0 Å². The van der Waals surface area contributed by atoms with Gasteiger partial charge in [0.1, 0.15) is 0 Å². The van der Waals surface area contributed by atoms with Gasteiger partial charge in [-0.15, -0.1) is 0 Å². The van der Waals surface area contributed by atoms with E-state index < -0.39 is 0 Å². The fraction of sp³-hybridized carbons (Fsp3) is 1.00. The Kier molecular flexibility index (Phi) is 5.85. The summed E-state index contributed by atoms with van der Waals surface area (Å²) in [6, 6.07) is 0. The molecule has 7 heavy (non-hydrogen) atoms. The van der Waals surface area contributed by atoms with Crippen LogP contribution in [0.2, 0.25) is 0 Å². The highest BCUT2D eigenvalue weighted by Crippen LogP contribution is 1.88. The number of hydrogen-bond acceptors (Lipinski definition) is 2. The van der Waals surface area contributed by atoms with Crippen molar-refractivity contribution in [1.82, 2.24) is 0 Å². The number of aliphatic hydroxyl groups excluding tert-OH is 1. The van der Waals surface area contributed by atoms with Crippen LogP contribution in [-0.2, 0) is 0 Å². The van der Waals surface area contributed by atoms with E-state index in [1.54, 1.807) is 0 Å². The summed E-state index contributed by atoms with van der Waals surface area (Å²) in [4.78, 5) is 0. The van der Waals surface area contributed by atoms with Gasteiger partial charge in [-0.05, 0) is 20.8 Å². The molecule has 0 saturated carbocycles. The van der Waals surface area contributed by atoms with Crippen LogP contribution in [0.5, 0.6) is 0 Å². The third-order valence-corrected chi connectivity index (χ3v) is 0. The summed E-state index contributed by atoms with van der Waals surface area (Å²) in [5, 5.41) is 7.00. The van der Waals surface area contributed by atoms with Crippen LogP contribution in [-0.4, -0.2) is 17.8 Å². The predicted molar refractivity (Wildman–Crippen MR) is 32.1 cm³/mol. The van der Waals surface area contributed by atoms with Gasteiger partial charge in [-0.1, -0.05) is 0 Å². The van der Waals surface area contributed by atoms with Crippen LogP contribution in [0.25, 0.3) is 0 Å². The van der Waals surface area contributed by atoms with Crippen LogP contribution in [0.1, 0.15) is 20.8 Å². The summed E-state index contributed by atoms with van der Waals surface area (Å²) >= 11 is 0. The molecule has 0 fully saturated rings. The van der Waals surface area contributed by atoms with Crippen LogP contribution in [0.4, 0.5) is 0 Å². The number of rotatable bonds is 0. The Morgan fingerprint density at radius 3 is 1.14 bits per heavy atom. The molecular weight excluding hydrogens is 90.1 g/mol. The van der Waals surface area contributed by atoms with Gasteiger partial charge in [-0.3, -0.25) is 0 Å². The van der Waals surface area contributed by atoms with Gasteiger partial charge >= 0.3 is 0 Å². The molecule has 3 N–H and O–H groups in total. The lowest BCUT2D eigenvalue weighted by molar-refractivity contribution is 0.399. The van der Waals surface area contributed by atoms with Crippen LogP contribution < -0.4 is 5.73 Å². The zero-order valence-electron chi connectivity index (χ0n) is 5.52. The Morgan fingerprint density at radius 2 is 1.14 bits per heavy atom. The standard InChI is InChI=1S/C4H11N.CH4O/c1-4(2,3)5;1-2/h5H2,1-3H3;2H,1H3. The van der Waals surface area contributed by atoms with E-state index in [-0.39, 0.29) is 5.54 Å². The monoisotopic (exact) mass is 105 g/mol. The van der Waals surface area contributed by atoms with Gasteiger partial charge in [0.15, 0.2) is 0 Å². The first-order chi connectivity index (χ1) is 3.00. The second-order valence-electron chi connectivity index (χ2n) is 2.37. The number of nitrogens with two attached hydrogens (primary N) is 1. The predicted octanol–water partition coefficient (Wildman–Crippen LogP) is 0.352. The molecule has 46 valence electrons. The second kappa shape index (κ2) is 4.09. The Balaban J connectivity index is 0. The van der Waals surface area contributed by atoms with Crippen molar-refractivity contribution in [2.24, 2.45) is 5.73 Å². The molecule has 0 aliphatic carbocycles. The van der Waals surface area contributed by atoms with E-state index >= 15 is 0 Å². The summed E-state index contributed by atoms with van der Waals surface area (Å²) in [6.45, 7) is 5.90. The number of aliphatic hydroxyl groups is 1. The van der Waals surface area contributed by atoms with Crippen LogP contribution in [0.3, 0.4) is 0 Å². The molecule has 0 aromatic carbocycles. The fourth-order valence-corrected chi connectivity index (χ4v) is 0. The SMILES string of the molecule is CC(C)(C)N.CO. The van der Waals surface area contributed by atoms with E-state index in [0.717, 1.165) is 7.11 Å². The molecule has 0 bridgehead atoms. The van der Waals surface area contributed by atoms with Gasteiger partial charge in [0.25, 0.3) is 0 Å². The van der Waals surface area contributed by atoms with Gasteiger partial charge in [-0.2, -0.15) is 0 Å². The van der Waals surface area contributed by atoms with Crippen molar-refractivity contribution in [2.45, 2.75) is 26.3 Å². The molecule has 0 saturated heterocycles. The quantitative estimate of drug-likeness (QED) is 0.467. The highest BCUT2D eigenvalue weighted by Gasteiger charge is 1.95. The first-order valence-corrected chi connectivity index (χ1v) is 2.24. The van der Waals surface area contributed by atoms with Crippen molar-refractivity contribution in [3.8, 4) is 0 Å². The lowest BCUT2D eigenvalue weighted by atomic mass is 10.1. The molecule has 0 aromatic rings. The molecule has 0 spiro atoms. The minimum Gasteiger partial charge on any atom is -0.400 e. The van der Waals surface area contributed by atoms with Gasteiger partial charge < -0.3 is 10.8 Å². The highest BCUT2D eigenvalue weighted by atomic mass is 16.2. The smallest absolute Gasteiger partial charge is 0.0319 e. The maximum atomic E-state index is 7.00. The molecule has 0 radical (unpaired) electrons. The average Bonchev–Trinajstić information content (AvgIpc) is 1.36. The maximum absolute atomic E-state index is 7.00. The second-order valence-corrected chi connectivity index (χ2v) is 2.37. The lowest BCUT2D eigenvalue weighted by Gasteiger charge is -2.06. The Labute approximate surface area is 45.3 Å². The highest BCUT2D eigenvalue weighted by molar-refractivity contribution is 4.60. The molecule has 2 heteroatoms. The summed E-state index contributed by atoms with van der Waals surface area (Å²) in [6.07, 6.45) is 0. The van der Waals surface area contributed by atoms with Gasteiger partial charge in [0.05, 0.1) is 0 Å². The number of hydrogen-bond donors (Lipinski definition) is 2. The first-order valence-electron chi connectivity index (χ1n) is 2.24. The van der Waals surface area contributed by atoms with Gasteiger partial charge in [0, 0.05) is 12.6 Å². The van der Waals surface area contributed by atoms with E-state index in [2.05, 4.69) is 0 Å². The van der Waals surface area contributed by atoms with E-state index in [1.165, 1.54) is 0 Å². The van der Waals surface area contributed by atoms with Crippen molar-refractivity contribution >= 4 is 0 Å². The van der Waals surface area contributed by atoms with Gasteiger partial charge in [-0.25, -0.2) is 0 Å². The van der Waals surface area contributed by atoms with Crippen molar-refractivity contribution in [1.29, 1.82) is 0 Å². The zero-order chi connectivity index (χ0) is 6.50. The summed E-state index contributed by atoms with van der Waals surface area (Å²) in [5.41, 5.74) is 5.35. The fourth-order valence-electron chi connectivity index (χ4n) is 0. The first kappa shape index (κ1) is 10.0. The topological polar surface area (TPSA) is 46.2 Å². The molecule has 0 atom stereocenters. The third-order valence-electron chi connectivity index (χ3n) is 0. The minimum absolute atomic E-state index is 0. The van der Waals surface area contributed by atoms with E-state index in [1.807, 2.05) is 20.8 Å². The van der Waals surface area contributed by atoms with Crippen LogP contribution >= 0.6 is 0 Å². The van der Waals surface area contributed by atoms with E-state index in [0.29, 0.717) is 0 Å². The zero-order valence-corrected chi connectivity index (χ0v) is 5.52. The molecule has 2 nitrogen and oxygen atoms in total. The molecule has 0 rings (SSSR count). The average molecular weight is 105 g/mol. The van der Waals surface area contributed by atoms with Gasteiger partial charge in [0.2, 0.25) is 0 Å². The lowest BCUT2D eigenvalue weighted by Crippen LogP contribution is -2.26. The summed E-state index contributed by atoms with van der Waals surface area (Å²) in [7, 11) is 1.00. The molecule has 0 unspecified atom stereocenters. The summed E-state index contributed by atoms with van der Waals surface area (Å²) in [5.74, 6) is 0. The van der Waals surface area contributed by atoms with Crippen molar-refractivity contribution < 1.29 is 5.11 Å². The van der Waals surface area contributed by atoms with Crippen LogP contribution in [0, 0.1) is 0 Å². The van der Waals surface area contributed by atoms with Crippen molar-refractivity contribution in [2.75, 3.05) is 7.11 Å². The summed E-state index contributed by atoms with van der Waals surface area (Å²) < 4.78 is 0. The third kappa shape index (κ3) is 14200. The van der Waals surface area contributed by atoms with Crippen LogP contribution in [0.15, 0.2) is 0 Å². The maximum Gasteiger partial charge on any atom is 0.0319 e. The normalized spacial score (nSPS) is 9.43. The molecular formula is C5H15NO. The van der Waals surface area contributed by atoms with Crippen molar-refractivity contribution in [3.05, 3.63) is 0 Å². The molecule has 0 aliphatic rings. The Hall–Kier alpha value is -0.0800.